The zero-order valence-corrected chi connectivity index (χ0v) is 10.9. The molecule has 2 aliphatic heterocycles. The third-order valence-electron chi connectivity index (χ3n) is 3.04. The lowest BCUT2D eigenvalue weighted by Gasteiger charge is -2.37. The monoisotopic (exact) mass is 278 g/mol. The average Bonchev–Trinajstić information content (AvgIpc) is 2.78. The molecule has 0 aliphatic carbocycles. The molecule has 2 aliphatic rings. The summed E-state index contributed by atoms with van der Waals surface area (Å²) < 4.78 is 5.70. The molecule has 0 amide bonds. The lowest BCUT2D eigenvalue weighted by molar-refractivity contribution is 0.0346. The fourth-order valence-corrected chi connectivity index (χ4v) is 2.31. The van der Waals surface area contributed by atoms with Crippen LogP contribution in [0, 0.1) is 0 Å². The van der Waals surface area contributed by atoms with Gasteiger partial charge in [0.1, 0.15) is 5.82 Å². The Hall–Kier alpha value is -0.620. The summed E-state index contributed by atoms with van der Waals surface area (Å²) in [6.45, 7) is 3.60. The van der Waals surface area contributed by atoms with E-state index in [1.165, 1.54) is 0 Å². The van der Waals surface area contributed by atoms with Crippen LogP contribution in [0.2, 0.25) is 0 Å². The predicted molar refractivity (Wildman–Crippen MR) is 70.3 cm³/mol. The van der Waals surface area contributed by atoms with E-state index in [0.29, 0.717) is 12.1 Å². The van der Waals surface area contributed by atoms with Gasteiger partial charge >= 0.3 is 0 Å². The Kier molecular flexibility index (Phi) is 5.39. The van der Waals surface area contributed by atoms with Gasteiger partial charge in [0, 0.05) is 32.0 Å². The van der Waals surface area contributed by atoms with Crippen LogP contribution in [0.1, 0.15) is 0 Å². The van der Waals surface area contributed by atoms with Gasteiger partial charge in [-0.15, -0.1) is 24.8 Å². The van der Waals surface area contributed by atoms with Crippen LogP contribution in [-0.2, 0) is 4.74 Å². The van der Waals surface area contributed by atoms with Gasteiger partial charge in [-0.05, 0) is 0 Å². The number of fused-ring (bicyclic) bond motifs is 1. The predicted octanol–water partition coefficient (Wildman–Crippen LogP) is 0.497. The maximum atomic E-state index is 5.70. The van der Waals surface area contributed by atoms with E-state index in [1.807, 2.05) is 6.20 Å². The quantitative estimate of drug-likeness (QED) is 0.811. The highest BCUT2D eigenvalue weighted by atomic mass is 35.5. The Morgan fingerprint density at radius 1 is 1.29 bits per heavy atom. The van der Waals surface area contributed by atoms with E-state index in [9.17, 15) is 0 Å². The summed E-state index contributed by atoms with van der Waals surface area (Å²) in [5.41, 5.74) is 0. The van der Waals surface area contributed by atoms with Crippen LogP contribution >= 0.6 is 24.8 Å². The van der Waals surface area contributed by atoms with Gasteiger partial charge < -0.3 is 15.0 Å². The number of halogens is 2. The lowest BCUT2D eigenvalue weighted by Crippen LogP contribution is -2.51. The number of rotatable bonds is 1. The normalized spacial score (nSPS) is 26.7. The van der Waals surface area contributed by atoms with Crippen molar-refractivity contribution in [1.29, 1.82) is 0 Å². The molecule has 2 saturated heterocycles. The van der Waals surface area contributed by atoms with E-state index in [0.717, 1.165) is 32.1 Å². The van der Waals surface area contributed by atoms with Gasteiger partial charge in [-0.3, -0.25) is 4.98 Å². The molecule has 1 aromatic heterocycles. The Labute approximate surface area is 113 Å². The first kappa shape index (κ1) is 14.4. The van der Waals surface area contributed by atoms with Gasteiger partial charge in [0.05, 0.1) is 24.9 Å². The van der Waals surface area contributed by atoms with Crippen molar-refractivity contribution in [3.63, 3.8) is 0 Å². The molecule has 0 saturated carbocycles. The molecular weight excluding hydrogens is 263 g/mol. The van der Waals surface area contributed by atoms with E-state index in [2.05, 4.69) is 20.2 Å². The van der Waals surface area contributed by atoms with Crippen molar-refractivity contribution in [2.75, 3.05) is 31.1 Å². The highest BCUT2D eigenvalue weighted by Gasteiger charge is 2.36. The van der Waals surface area contributed by atoms with Crippen molar-refractivity contribution in [3.05, 3.63) is 18.6 Å². The molecule has 1 aromatic rings. The van der Waals surface area contributed by atoms with Crippen molar-refractivity contribution >= 4 is 30.6 Å². The number of hydrogen-bond donors (Lipinski definition) is 1. The summed E-state index contributed by atoms with van der Waals surface area (Å²) in [4.78, 5) is 10.7. The summed E-state index contributed by atoms with van der Waals surface area (Å²) in [5.74, 6) is 0.958. The van der Waals surface area contributed by atoms with Crippen LogP contribution in [0.15, 0.2) is 18.6 Å². The minimum atomic E-state index is 0. The molecule has 0 radical (unpaired) electrons. The fraction of sp³-hybridized carbons (Fsp3) is 0.600. The molecule has 2 atom stereocenters. The molecule has 5 nitrogen and oxygen atoms in total. The summed E-state index contributed by atoms with van der Waals surface area (Å²) in [6, 6.07) is 0.412. The SMILES string of the molecule is Cl.Cl.c1cnc(N2CCO[C@H]3CNC[C@H]32)cn1. The van der Waals surface area contributed by atoms with E-state index >= 15 is 0 Å². The second-order valence-electron chi connectivity index (χ2n) is 3.89. The molecule has 0 bridgehead atoms. The average molecular weight is 279 g/mol. The fourth-order valence-electron chi connectivity index (χ4n) is 2.31. The smallest absolute Gasteiger partial charge is 0.147 e. The van der Waals surface area contributed by atoms with E-state index in [-0.39, 0.29) is 24.8 Å². The first-order valence-electron chi connectivity index (χ1n) is 5.30. The van der Waals surface area contributed by atoms with Crippen LogP contribution in [-0.4, -0.2) is 48.4 Å². The van der Waals surface area contributed by atoms with Crippen molar-refractivity contribution < 1.29 is 4.74 Å². The minimum absolute atomic E-state index is 0. The summed E-state index contributed by atoms with van der Waals surface area (Å²) in [5, 5.41) is 3.35. The minimum Gasteiger partial charge on any atom is -0.373 e. The number of hydrogen-bond acceptors (Lipinski definition) is 5. The molecule has 0 unspecified atom stereocenters. The molecule has 3 rings (SSSR count). The second-order valence-corrected chi connectivity index (χ2v) is 3.89. The third kappa shape index (κ3) is 2.80. The molecule has 17 heavy (non-hydrogen) atoms. The van der Waals surface area contributed by atoms with Crippen molar-refractivity contribution in [3.8, 4) is 0 Å². The highest BCUT2D eigenvalue weighted by molar-refractivity contribution is 5.85. The molecule has 3 heterocycles. The largest absolute Gasteiger partial charge is 0.373 e. The number of ether oxygens (including phenoxy) is 1. The van der Waals surface area contributed by atoms with Crippen LogP contribution in [0.5, 0.6) is 0 Å². The molecule has 7 heteroatoms. The Balaban J connectivity index is 0.000000722. The standard InChI is InChI=1S/C10H14N4O.2ClH/c1-2-13-10(7-11-1)14-3-4-15-9-6-12-5-8(9)14;;/h1-2,7-9,12H,3-6H2;2*1H/t8-,9+;;/m1../s1. The van der Waals surface area contributed by atoms with Crippen LogP contribution in [0.3, 0.4) is 0 Å². The van der Waals surface area contributed by atoms with Crippen molar-refractivity contribution in [1.82, 2.24) is 15.3 Å². The molecule has 0 spiro atoms. The Bertz CT molecular complexity index is 340. The molecule has 0 aromatic carbocycles. The Morgan fingerprint density at radius 2 is 2.18 bits per heavy atom. The molecular formula is C10H16Cl2N4O. The van der Waals surface area contributed by atoms with Gasteiger partial charge in [0.25, 0.3) is 0 Å². The number of nitrogens with zero attached hydrogens (tertiary/aromatic N) is 3. The molecule has 2 fully saturated rings. The Morgan fingerprint density at radius 3 is 2.94 bits per heavy atom. The summed E-state index contributed by atoms with van der Waals surface area (Å²) >= 11 is 0. The lowest BCUT2D eigenvalue weighted by atomic mass is 10.1. The zero-order valence-electron chi connectivity index (χ0n) is 9.28. The first-order valence-corrected chi connectivity index (χ1v) is 5.30. The van der Waals surface area contributed by atoms with Gasteiger partial charge in [-0.25, -0.2) is 4.98 Å². The van der Waals surface area contributed by atoms with Crippen molar-refractivity contribution in [2.45, 2.75) is 12.1 Å². The molecule has 1 N–H and O–H groups in total. The number of aromatic nitrogens is 2. The van der Waals surface area contributed by atoms with Crippen LogP contribution in [0.25, 0.3) is 0 Å². The maximum Gasteiger partial charge on any atom is 0.147 e. The maximum absolute atomic E-state index is 5.70. The van der Waals surface area contributed by atoms with Gasteiger partial charge in [0.15, 0.2) is 0 Å². The third-order valence-corrected chi connectivity index (χ3v) is 3.04. The van der Waals surface area contributed by atoms with E-state index in [4.69, 9.17) is 4.74 Å². The summed E-state index contributed by atoms with van der Waals surface area (Å²) in [6.07, 6.45) is 5.57. The van der Waals surface area contributed by atoms with Crippen LogP contribution in [0.4, 0.5) is 5.82 Å². The van der Waals surface area contributed by atoms with Crippen LogP contribution < -0.4 is 10.2 Å². The van der Waals surface area contributed by atoms with Crippen molar-refractivity contribution in [2.24, 2.45) is 0 Å². The number of anilines is 1. The number of nitrogens with one attached hydrogen (secondary N) is 1. The molecule has 96 valence electrons. The van der Waals surface area contributed by atoms with Gasteiger partial charge in [-0.1, -0.05) is 0 Å². The summed E-state index contributed by atoms with van der Waals surface area (Å²) in [7, 11) is 0. The van der Waals surface area contributed by atoms with E-state index in [1.54, 1.807) is 12.4 Å². The van der Waals surface area contributed by atoms with Gasteiger partial charge in [0.2, 0.25) is 0 Å². The van der Waals surface area contributed by atoms with E-state index < -0.39 is 0 Å². The highest BCUT2D eigenvalue weighted by Crippen LogP contribution is 2.22. The zero-order chi connectivity index (χ0) is 10.1. The first-order chi connectivity index (χ1) is 7.45. The van der Waals surface area contributed by atoms with Gasteiger partial charge in [-0.2, -0.15) is 0 Å². The second kappa shape index (κ2) is 6.35. The number of morpholine rings is 1. The topological polar surface area (TPSA) is 50.3 Å².